The largest absolute Gasteiger partial charge is 0.412 e. The quantitative estimate of drug-likeness (QED) is 0.561. The van der Waals surface area contributed by atoms with Gasteiger partial charge in [0.25, 0.3) is 0 Å². The van der Waals surface area contributed by atoms with Gasteiger partial charge in [0.2, 0.25) is 0 Å². The molecule has 0 saturated carbocycles. The zero-order valence-electron chi connectivity index (χ0n) is 6.36. The molecule has 12 heavy (non-hydrogen) atoms. The summed E-state index contributed by atoms with van der Waals surface area (Å²) in [6, 6.07) is 0. The van der Waals surface area contributed by atoms with Crippen LogP contribution < -0.4 is 0 Å². The Morgan fingerprint density at radius 2 is 1.83 bits per heavy atom. The van der Waals surface area contributed by atoms with Crippen LogP contribution in [-0.4, -0.2) is 6.18 Å². The molecule has 68 valence electrons. The third-order valence-electron chi connectivity index (χ3n) is 1.72. The summed E-state index contributed by atoms with van der Waals surface area (Å²) in [5.74, 6) is 0. The molecule has 1 aliphatic rings. The molecule has 0 aromatic heterocycles. The number of hydrogen-bond donors (Lipinski definition) is 1. The van der Waals surface area contributed by atoms with E-state index in [2.05, 4.69) is 12.6 Å². The Morgan fingerprint density at radius 3 is 2.42 bits per heavy atom. The summed E-state index contributed by atoms with van der Waals surface area (Å²) in [6.07, 6.45) is -0.354. The van der Waals surface area contributed by atoms with E-state index in [-0.39, 0.29) is 6.42 Å². The Hall–Kier alpha value is -0.380. The molecule has 0 aromatic carbocycles. The molecular weight excluding hydrogens is 185 g/mol. The normalized spacial score (nSPS) is 19.7. The van der Waals surface area contributed by atoms with Gasteiger partial charge < -0.3 is 0 Å². The summed E-state index contributed by atoms with van der Waals surface area (Å²) in [5.41, 5.74) is -0.452. The van der Waals surface area contributed by atoms with Crippen molar-refractivity contribution in [2.24, 2.45) is 0 Å². The number of alkyl halides is 3. The van der Waals surface area contributed by atoms with Crippen molar-refractivity contribution in [3.63, 3.8) is 0 Å². The van der Waals surface area contributed by atoms with Crippen molar-refractivity contribution < 1.29 is 13.2 Å². The van der Waals surface area contributed by atoms with Crippen LogP contribution in [0, 0.1) is 0 Å². The molecule has 4 heteroatoms. The van der Waals surface area contributed by atoms with Crippen molar-refractivity contribution in [1.82, 2.24) is 0 Å². The number of halogens is 3. The fraction of sp³-hybridized carbons (Fsp3) is 0.500. The Morgan fingerprint density at radius 1 is 1.17 bits per heavy atom. The first kappa shape index (κ1) is 9.71. The lowest BCUT2D eigenvalue weighted by Gasteiger charge is -2.08. The van der Waals surface area contributed by atoms with E-state index in [1.54, 1.807) is 0 Å². The fourth-order valence-electron chi connectivity index (χ4n) is 1.06. The van der Waals surface area contributed by atoms with Crippen LogP contribution in [0.1, 0.15) is 19.3 Å². The van der Waals surface area contributed by atoms with Crippen molar-refractivity contribution in [3.05, 3.63) is 22.6 Å². The maximum atomic E-state index is 12.1. The van der Waals surface area contributed by atoms with Crippen LogP contribution in [0.4, 0.5) is 13.2 Å². The molecule has 0 aliphatic heterocycles. The van der Waals surface area contributed by atoms with Crippen molar-refractivity contribution in [2.75, 3.05) is 0 Å². The highest BCUT2D eigenvalue weighted by Gasteiger charge is 2.32. The first-order valence-electron chi connectivity index (χ1n) is 3.66. The van der Waals surface area contributed by atoms with Crippen LogP contribution in [0.2, 0.25) is 0 Å². The third kappa shape index (κ3) is 2.59. The molecule has 0 atom stereocenters. The topological polar surface area (TPSA) is 0 Å². The number of rotatable bonds is 0. The molecule has 0 bridgehead atoms. The van der Waals surface area contributed by atoms with Gasteiger partial charge in [0, 0.05) is 5.57 Å². The minimum Gasteiger partial charge on any atom is -0.166 e. The predicted molar refractivity (Wildman–Crippen MR) is 45.1 cm³/mol. The average molecular weight is 194 g/mol. The van der Waals surface area contributed by atoms with Gasteiger partial charge in [-0.3, -0.25) is 0 Å². The number of hydrogen-bond acceptors (Lipinski definition) is 1. The van der Waals surface area contributed by atoms with E-state index < -0.39 is 11.7 Å². The summed E-state index contributed by atoms with van der Waals surface area (Å²) in [6.45, 7) is 0. The Balaban J connectivity index is 2.79. The lowest BCUT2D eigenvalue weighted by Crippen LogP contribution is -2.11. The van der Waals surface area contributed by atoms with Gasteiger partial charge in [-0.05, 0) is 24.2 Å². The summed E-state index contributed by atoms with van der Waals surface area (Å²) >= 11 is 4.02. The summed E-state index contributed by atoms with van der Waals surface area (Å²) in [7, 11) is 0. The Labute approximate surface area is 74.6 Å². The molecular formula is C8H9F3S. The molecule has 0 nitrogen and oxygen atoms in total. The third-order valence-corrected chi connectivity index (χ3v) is 2.09. The zero-order chi connectivity index (χ0) is 9.19. The van der Waals surface area contributed by atoms with Gasteiger partial charge in [-0.2, -0.15) is 13.2 Å². The van der Waals surface area contributed by atoms with Crippen LogP contribution >= 0.6 is 12.6 Å². The summed E-state index contributed by atoms with van der Waals surface area (Å²) in [4.78, 5) is 0.717. The van der Waals surface area contributed by atoms with Gasteiger partial charge >= 0.3 is 6.18 Å². The minimum atomic E-state index is -4.17. The molecule has 0 aromatic rings. The van der Waals surface area contributed by atoms with Gasteiger partial charge in [0.05, 0.1) is 0 Å². The van der Waals surface area contributed by atoms with Crippen molar-refractivity contribution in [2.45, 2.75) is 25.4 Å². The summed E-state index contributed by atoms with van der Waals surface area (Å²) in [5, 5.41) is 0. The Kier molecular flexibility index (Phi) is 2.88. The maximum Gasteiger partial charge on any atom is 0.412 e. The average Bonchev–Trinajstić information content (AvgIpc) is 2.11. The Bertz CT molecular complexity index is 225. The minimum absolute atomic E-state index is 0.101. The van der Waals surface area contributed by atoms with Crippen LogP contribution in [0.3, 0.4) is 0 Å². The molecule has 1 aliphatic carbocycles. The highest BCUT2D eigenvalue weighted by molar-refractivity contribution is 7.84. The van der Waals surface area contributed by atoms with Crippen molar-refractivity contribution in [1.29, 1.82) is 0 Å². The van der Waals surface area contributed by atoms with Gasteiger partial charge in [-0.1, -0.05) is 12.2 Å². The van der Waals surface area contributed by atoms with Crippen LogP contribution in [0.25, 0.3) is 0 Å². The second-order valence-corrected chi connectivity index (χ2v) is 3.28. The van der Waals surface area contributed by atoms with Gasteiger partial charge in [0.15, 0.2) is 0 Å². The van der Waals surface area contributed by atoms with Crippen LogP contribution in [0.5, 0.6) is 0 Å². The highest BCUT2D eigenvalue weighted by Crippen LogP contribution is 2.32. The van der Waals surface area contributed by atoms with Crippen LogP contribution in [-0.2, 0) is 0 Å². The van der Waals surface area contributed by atoms with Crippen molar-refractivity contribution >= 4 is 12.6 Å². The lowest BCUT2D eigenvalue weighted by atomic mass is 10.1. The van der Waals surface area contributed by atoms with E-state index in [0.717, 1.165) is 6.08 Å². The van der Waals surface area contributed by atoms with Gasteiger partial charge in [0.1, 0.15) is 0 Å². The zero-order valence-corrected chi connectivity index (χ0v) is 7.25. The number of thiol groups is 1. The predicted octanol–water partition coefficient (Wildman–Crippen LogP) is 3.47. The fourth-order valence-corrected chi connectivity index (χ4v) is 1.29. The molecule has 0 spiro atoms. The lowest BCUT2D eigenvalue weighted by molar-refractivity contribution is -0.0940. The maximum absolute atomic E-state index is 12.1. The van der Waals surface area contributed by atoms with Crippen LogP contribution in [0.15, 0.2) is 22.6 Å². The van der Waals surface area contributed by atoms with E-state index in [9.17, 15) is 13.2 Å². The molecule has 0 fully saturated rings. The van der Waals surface area contributed by atoms with E-state index >= 15 is 0 Å². The highest BCUT2D eigenvalue weighted by atomic mass is 32.1. The van der Waals surface area contributed by atoms with Crippen molar-refractivity contribution in [3.8, 4) is 0 Å². The monoisotopic (exact) mass is 194 g/mol. The van der Waals surface area contributed by atoms with E-state index in [4.69, 9.17) is 0 Å². The second kappa shape index (κ2) is 3.56. The van der Waals surface area contributed by atoms with Gasteiger partial charge in [-0.25, -0.2) is 0 Å². The van der Waals surface area contributed by atoms with E-state index in [0.29, 0.717) is 17.7 Å². The van der Waals surface area contributed by atoms with E-state index in [1.807, 2.05) is 0 Å². The first-order valence-corrected chi connectivity index (χ1v) is 4.11. The van der Waals surface area contributed by atoms with Gasteiger partial charge in [-0.15, -0.1) is 12.6 Å². The molecule has 0 N–H and O–H groups in total. The molecule has 0 saturated heterocycles. The van der Waals surface area contributed by atoms with E-state index in [1.165, 1.54) is 6.08 Å². The molecule has 1 rings (SSSR count). The summed E-state index contributed by atoms with van der Waals surface area (Å²) < 4.78 is 36.4. The molecule has 0 radical (unpaired) electrons. The molecule has 0 amide bonds. The second-order valence-electron chi connectivity index (χ2n) is 2.70. The molecule has 0 unspecified atom stereocenters. The smallest absolute Gasteiger partial charge is 0.166 e. The standard InChI is InChI=1S/C8H9F3S/c9-8(10,11)6-2-1-3-7(12)5-4-6/h4-5,12H,1-3H2. The number of allylic oxidation sites excluding steroid dienone is 4. The molecule has 0 heterocycles. The first-order chi connectivity index (χ1) is 5.50. The SMILES string of the molecule is FC(F)(F)C1=CC=C(S)CCC1.